The molecule has 90 valence electrons. The van der Waals surface area contributed by atoms with E-state index in [1.165, 1.54) is 0 Å². The average Bonchev–Trinajstić information content (AvgIpc) is 2.23. The van der Waals surface area contributed by atoms with E-state index in [-0.39, 0.29) is 12.3 Å². The third-order valence-electron chi connectivity index (χ3n) is 2.30. The van der Waals surface area contributed by atoms with Crippen molar-refractivity contribution in [2.45, 2.75) is 26.7 Å². The minimum Gasteiger partial charge on any atom is -0.503 e. The summed E-state index contributed by atoms with van der Waals surface area (Å²) in [5.41, 5.74) is -0.606. The molecule has 1 aromatic carbocycles. The molecule has 0 aliphatic heterocycles. The van der Waals surface area contributed by atoms with Crippen molar-refractivity contribution in [1.82, 2.24) is 0 Å². The Bertz CT molecular complexity index is 372. The van der Waals surface area contributed by atoms with Crippen molar-refractivity contribution in [3.63, 3.8) is 0 Å². The first-order chi connectivity index (χ1) is 7.36. The lowest BCUT2D eigenvalue weighted by molar-refractivity contribution is 0.350. The van der Waals surface area contributed by atoms with Crippen molar-refractivity contribution in [3.05, 3.63) is 28.8 Å². The van der Waals surface area contributed by atoms with Gasteiger partial charge >= 0.3 is 0 Å². The quantitative estimate of drug-likeness (QED) is 0.483. The highest BCUT2D eigenvalue weighted by Crippen LogP contribution is 2.30. The number of hydrogen-bond donors (Lipinski definition) is 1. The third kappa shape index (κ3) is 2.28. The van der Waals surface area contributed by atoms with Gasteiger partial charge in [-0.15, -0.1) is 0 Å². The molecule has 0 atom stereocenters. The molecule has 16 heavy (non-hydrogen) atoms. The van der Waals surface area contributed by atoms with Gasteiger partial charge in [0, 0.05) is 5.56 Å². The maximum absolute atomic E-state index is 13.3. The van der Waals surface area contributed by atoms with Gasteiger partial charge in [-0.3, -0.25) is 0 Å². The van der Waals surface area contributed by atoms with E-state index in [2.05, 4.69) is 0 Å². The lowest BCUT2D eigenvalue weighted by Crippen LogP contribution is -2.05. The monoisotopic (exact) mass is 236 g/mol. The predicted molar refractivity (Wildman–Crippen MR) is 51.1 cm³/mol. The summed E-state index contributed by atoms with van der Waals surface area (Å²) < 4.78 is 52.1. The summed E-state index contributed by atoms with van der Waals surface area (Å²) >= 11 is 0. The minimum absolute atomic E-state index is 0.0832. The van der Waals surface area contributed by atoms with Crippen LogP contribution in [0.4, 0.5) is 17.6 Å². The van der Waals surface area contributed by atoms with Gasteiger partial charge in [0.05, 0.1) is 0 Å². The molecule has 0 amide bonds. The summed E-state index contributed by atoms with van der Waals surface area (Å²) in [6, 6.07) is 0. The fraction of sp³-hybridized carbons (Fsp3) is 0.455. The van der Waals surface area contributed by atoms with Gasteiger partial charge < -0.3 is 5.11 Å². The Balaban J connectivity index is 3.18. The molecule has 0 saturated carbocycles. The fourth-order valence-electron chi connectivity index (χ4n) is 1.32. The van der Waals surface area contributed by atoms with Gasteiger partial charge in [-0.2, -0.15) is 4.39 Å². The average molecular weight is 236 g/mol. The first-order valence-corrected chi connectivity index (χ1v) is 4.90. The Morgan fingerprint density at radius 1 is 0.938 bits per heavy atom. The van der Waals surface area contributed by atoms with E-state index in [9.17, 15) is 17.6 Å². The van der Waals surface area contributed by atoms with Crippen LogP contribution in [-0.2, 0) is 6.42 Å². The van der Waals surface area contributed by atoms with E-state index in [1.807, 2.05) is 13.8 Å². The van der Waals surface area contributed by atoms with Crippen LogP contribution in [0, 0.1) is 29.2 Å². The zero-order valence-electron chi connectivity index (χ0n) is 8.95. The van der Waals surface area contributed by atoms with Crippen molar-refractivity contribution >= 4 is 0 Å². The molecular formula is C11H12F4O. The molecule has 0 unspecified atom stereocenters. The van der Waals surface area contributed by atoms with Gasteiger partial charge in [0.15, 0.2) is 23.2 Å². The number of aromatic hydroxyl groups is 1. The normalized spacial score (nSPS) is 11.2. The van der Waals surface area contributed by atoms with Gasteiger partial charge in [0.25, 0.3) is 0 Å². The Morgan fingerprint density at radius 2 is 1.50 bits per heavy atom. The largest absolute Gasteiger partial charge is 0.503 e. The maximum Gasteiger partial charge on any atom is 0.206 e. The van der Waals surface area contributed by atoms with Crippen LogP contribution in [0.15, 0.2) is 0 Å². The molecule has 0 aromatic heterocycles. The summed E-state index contributed by atoms with van der Waals surface area (Å²) in [5, 5.41) is 8.90. The second-order valence-corrected chi connectivity index (χ2v) is 4.02. The van der Waals surface area contributed by atoms with E-state index in [4.69, 9.17) is 5.11 Å². The van der Waals surface area contributed by atoms with Crippen molar-refractivity contribution in [1.29, 1.82) is 0 Å². The standard InChI is InChI=1S/C11H12F4O/c1-5(2)3-4-6-7(12)9(14)10(15)11(16)8(6)13/h5,16H,3-4H2,1-2H3. The highest BCUT2D eigenvalue weighted by Gasteiger charge is 2.24. The zero-order valence-corrected chi connectivity index (χ0v) is 8.95. The molecule has 0 aliphatic carbocycles. The van der Waals surface area contributed by atoms with Gasteiger partial charge in [-0.25, -0.2) is 13.2 Å². The van der Waals surface area contributed by atoms with E-state index < -0.39 is 34.6 Å². The molecule has 0 bridgehead atoms. The molecule has 1 N–H and O–H groups in total. The lowest BCUT2D eigenvalue weighted by atomic mass is 10.0. The van der Waals surface area contributed by atoms with Crippen molar-refractivity contribution < 1.29 is 22.7 Å². The van der Waals surface area contributed by atoms with Crippen LogP contribution in [0.1, 0.15) is 25.8 Å². The molecule has 1 rings (SSSR count). The Labute approximate surface area is 90.7 Å². The van der Waals surface area contributed by atoms with Crippen molar-refractivity contribution in [2.75, 3.05) is 0 Å². The fourth-order valence-corrected chi connectivity index (χ4v) is 1.32. The molecular weight excluding hydrogens is 224 g/mol. The molecule has 0 radical (unpaired) electrons. The Morgan fingerprint density at radius 3 is 2.00 bits per heavy atom. The number of rotatable bonds is 3. The number of phenolic OH excluding ortho intramolecular Hbond substituents is 1. The van der Waals surface area contributed by atoms with Crippen LogP contribution in [0.25, 0.3) is 0 Å². The van der Waals surface area contributed by atoms with E-state index in [1.54, 1.807) is 0 Å². The summed E-state index contributed by atoms with van der Waals surface area (Å²) in [6.07, 6.45) is 0.332. The number of halogens is 4. The predicted octanol–water partition coefficient (Wildman–Crippen LogP) is 3.54. The summed E-state index contributed by atoms with van der Waals surface area (Å²) in [4.78, 5) is 0. The Kier molecular flexibility index (Phi) is 3.78. The van der Waals surface area contributed by atoms with Gasteiger partial charge in [0.1, 0.15) is 0 Å². The minimum atomic E-state index is -1.89. The van der Waals surface area contributed by atoms with E-state index >= 15 is 0 Å². The molecule has 0 saturated heterocycles. The molecule has 1 nitrogen and oxygen atoms in total. The van der Waals surface area contributed by atoms with E-state index in [0.29, 0.717) is 6.42 Å². The Hall–Kier alpha value is -1.26. The van der Waals surface area contributed by atoms with Crippen LogP contribution < -0.4 is 0 Å². The van der Waals surface area contributed by atoms with Crippen LogP contribution in [0.5, 0.6) is 5.75 Å². The SMILES string of the molecule is CC(C)CCc1c(F)c(O)c(F)c(F)c1F. The van der Waals surface area contributed by atoms with Crippen LogP contribution in [0.2, 0.25) is 0 Å². The highest BCUT2D eigenvalue weighted by molar-refractivity contribution is 5.34. The van der Waals surface area contributed by atoms with Crippen LogP contribution in [0.3, 0.4) is 0 Å². The molecule has 0 spiro atoms. The smallest absolute Gasteiger partial charge is 0.206 e. The van der Waals surface area contributed by atoms with Gasteiger partial charge in [0.2, 0.25) is 5.82 Å². The van der Waals surface area contributed by atoms with Crippen molar-refractivity contribution in [3.8, 4) is 5.75 Å². The first kappa shape index (κ1) is 12.8. The number of benzene rings is 1. The highest BCUT2D eigenvalue weighted by atomic mass is 19.2. The lowest BCUT2D eigenvalue weighted by Gasteiger charge is -2.09. The van der Waals surface area contributed by atoms with Gasteiger partial charge in [-0.1, -0.05) is 13.8 Å². The number of hydrogen-bond acceptors (Lipinski definition) is 1. The van der Waals surface area contributed by atoms with E-state index in [0.717, 1.165) is 0 Å². The molecule has 1 aromatic rings. The molecule has 0 fully saturated rings. The van der Waals surface area contributed by atoms with Gasteiger partial charge in [-0.05, 0) is 18.8 Å². The molecule has 0 heterocycles. The second-order valence-electron chi connectivity index (χ2n) is 4.02. The summed E-state index contributed by atoms with van der Waals surface area (Å²) in [7, 11) is 0. The maximum atomic E-state index is 13.3. The first-order valence-electron chi connectivity index (χ1n) is 4.90. The second kappa shape index (κ2) is 4.72. The summed E-state index contributed by atoms with van der Waals surface area (Å²) in [5.74, 6) is -8.00. The number of phenols is 1. The van der Waals surface area contributed by atoms with Crippen LogP contribution in [-0.4, -0.2) is 5.11 Å². The third-order valence-corrected chi connectivity index (χ3v) is 2.30. The van der Waals surface area contributed by atoms with Crippen LogP contribution >= 0.6 is 0 Å². The molecule has 0 aliphatic rings. The van der Waals surface area contributed by atoms with Crippen molar-refractivity contribution in [2.24, 2.45) is 5.92 Å². The zero-order chi connectivity index (χ0) is 12.5. The summed E-state index contributed by atoms with van der Waals surface area (Å²) in [6.45, 7) is 3.66. The molecule has 5 heteroatoms. The topological polar surface area (TPSA) is 20.2 Å².